The summed E-state index contributed by atoms with van der Waals surface area (Å²) in [7, 11) is 0. The molecule has 1 aliphatic heterocycles. The number of aromatic nitrogens is 5. The van der Waals surface area contributed by atoms with Crippen LogP contribution in [0.15, 0.2) is 91.1 Å². The van der Waals surface area contributed by atoms with Gasteiger partial charge in [0.1, 0.15) is 12.1 Å². The number of aromatic amines is 2. The van der Waals surface area contributed by atoms with E-state index in [1.165, 1.54) is 0 Å². The topological polar surface area (TPSA) is 199 Å². The number of benzene rings is 3. The maximum atomic E-state index is 14.1. The maximum absolute atomic E-state index is 14.1. The predicted molar refractivity (Wildman–Crippen MR) is 181 cm³/mol. The van der Waals surface area contributed by atoms with Gasteiger partial charge in [0, 0.05) is 36.5 Å². The Morgan fingerprint density at radius 1 is 0.714 bits per heavy atom. The van der Waals surface area contributed by atoms with E-state index in [1.54, 1.807) is 6.20 Å². The first-order chi connectivity index (χ1) is 23.9. The number of rotatable bonds is 9. The molecule has 5 aromatic rings. The van der Waals surface area contributed by atoms with Crippen LogP contribution < -0.4 is 26.6 Å². The molecule has 1 saturated heterocycles. The summed E-state index contributed by atoms with van der Waals surface area (Å²) in [6.45, 7) is 0.142. The lowest BCUT2D eigenvalue weighted by molar-refractivity contribution is -0.133. The molecule has 3 heterocycles. The van der Waals surface area contributed by atoms with E-state index in [9.17, 15) is 19.2 Å². The van der Waals surface area contributed by atoms with E-state index in [0.29, 0.717) is 12.2 Å². The minimum atomic E-state index is -1.05. The number of para-hydroxylation sites is 1. The molecule has 0 bridgehead atoms. The Kier molecular flexibility index (Phi) is 10.7. The predicted octanol–water partition coefficient (Wildman–Crippen LogP) is 0.842. The highest BCUT2D eigenvalue weighted by molar-refractivity contribution is 5.95. The van der Waals surface area contributed by atoms with Gasteiger partial charge in [-0.3, -0.25) is 24.5 Å². The van der Waals surface area contributed by atoms with Crippen molar-refractivity contribution in [2.75, 3.05) is 6.54 Å². The van der Waals surface area contributed by atoms with Crippen LogP contribution in [0.25, 0.3) is 10.9 Å². The SMILES string of the molecule is O=C1C[C@H](NCc2nn[nH]n2)C(=O)NC[C@@H](Cc2ccccc2)NC(=O)[C@H](Cc2ccccc2)NC(=O)[C@H](Cc2c[nH]c3ccccc23)N1. The molecule has 7 N–H and O–H groups in total. The van der Waals surface area contributed by atoms with Crippen LogP contribution in [0.2, 0.25) is 0 Å². The minimum absolute atomic E-state index is 0.0620. The van der Waals surface area contributed by atoms with Gasteiger partial charge in [-0.05, 0) is 29.2 Å². The van der Waals surface area contributed by atoms with Crippen molar-refractivity contribution in [2.24, 2.45) is 0 Å². The zero-order valence-electron chi connectivity index (χ0n) is 26.7. The lowest BCUT2D eigenvalue weighted by Gasteiger charge is -2.28. The monoisotopic (exact) mass is 662 g/mol. The fourth-order valence-corrected chi connectivity index (χ4v) is 5.95. The molecule has 0 aliphatic carbocycles. The molecule has 0 radical (unpaired) electrons. The van der Waals surface area contributed by atoms with E-state index >= 15 is 0 Å². The molecule has 252 valence electrons. The Morgan fingerprint density at radius 3 is 2.12 bits per heavy atom. The average molecular weight is 663 g/mol. The molecular weight excluding hydrogens is 624 g/mol. The molecular formula is C35H38N10O4. The first-order valence-corrected chi connectivity index (χ1v) is 16.2. The number of H-pyrrole nitrogens is 2. The summed E-state index contributed by atoms with van der Waals surface area (Å²) in [5.41, 5.74) is 3.51. The molecule has 14 heteroatoms. The molecule has 1 fully saturated rings. The van der Waals surface area contributed by atoms with Gasteiger partial charge < -0.3 is 26.3 Å². The molecule has 0 spiro atoms. The number of hydrogen-bond donors (Lipinski definition) is 7. The highest BCUT2D eigenvalue weighted by Gasteiger charge is 2.32. The quantitative estimate of drug-likeness (QED) is 0.120. The number of carbonyl (C=O) groups excluding carboxylic acids is 4. The minimum Gasteiger partial charge on any atom is -0.361 e. The van der Waals surface area contributed by atoms with Gasteiger partial charge in [0.15, 0.2) is 5.82 Å². The Hall–Kier alpha value is -5.89. The standard InChI is InChI=1S/C35H38N10O4/c46-32-18-28(37-21-31-42-44-45-43-31)33(47)38-20-25(15-22-9-3-1-4-10-22)39-34(48)29(16-23-11-5-2-6-12-23)41-35(49)30(40-32)17-24-19-36-27-14-8-7-13-26(24)27/h1-14,19,25,28-30,36-37H,15-18,20-21H2,(H,38,47)(H,39,48)(H,40,46)(H,41,49)(H,42,43,44,45)/t25-,28+,29+,30+/m1/s1. The number of carbonyl (C=O) groups is 4. The number of hydrogen-bond acceptors (Lipinski definition) is 8. The van der Waals surface area contributed by atoms with Crippen LogP contribution in [-0.2, 0) is 45.0 Å². The number of amides is 4. The molecule has 4 atom stereocenters. The fraction of sp³-hybridized carbons (Fsp3) is 0.286. The maximum Gasteiger partial charge on any atom is 0.243 e. The van der Waals surface area contributed by atoms with E-state index in [1.807, 2.05) is 84.9 Å². The third-order valence-electron chi connectivity index (χ3n) is 8.46. The number of nitrogens with one attached hydrogen (secondary N) is 7. The summed E-state index contributed by atoms with van der Waals surface area (Å²) in [6, 6.07) is 23.1. The highest BCUT2D eigenvalue weighted by atomic mass is 16.2. The fourth-order valence-electron chi connectivity index (χ4n) is 5.95. The molecule has 14 nitrogen and oxygen atoms in total. The lowest BCUT2D eigenvalue weighted by atomic mass is 10.0. The van der Waals surface area contributed by atoms with E-state index in [0.717, 1.165) is 27.6 Å². The Bertz CT molecular complexity index is 1860. The Labute approximate surface area is 282 Å². The molecule has 1 aliphatic rings. The van der Waals surface area contributed by atoms with Crippen molar-refractivity contribution in [3.8, 4) is 0 Å². The van der Waals surface area contributed by atoms with Crippen molar-refractivity contribution in [2.45, 2.75) is 56.4 Å². The van der Waals surface area contributed by atoms with Crippen LogP contribution in [0.3, 0.4) is 0 Å². The molecule has 4 amide bonds. The van der Waals surface area contributed by atoms with Crippen LogP contribution in [0.1, 0.15) is 28.9 Å². The third kappa shape index (κ3) is 8.93. The first-order valence-electron chi connectivity index (χ1n) is 16.2. The van der Waals surface area contributed by atoms with E-state index in [-0.39, 0.29) is 32.4 Å². The summed E-state index contributed by atoms with van der Waals surface area (Å²) < 4.78 is 0. The summed E-state index contributed by atoms with van der Waals surface area (Å²) in [5.74, 6) is -1.60. The van der Waals surface area contributed by atoms with Gasteiger partial charge in [-0.15, -0.1) is 10.2 Å². The largest absolute Gasteiger partial charge is 0.361 e. The zero-order valence-corrected chi connectivity index (χ0v) is 26.7. The average Bonchev–Trinajstić information content (AvgIpc) is 3.79. The van der Waals surface area contributed by atoms with Crippen molar-refractivity contribution in [1.29, 1.82) is 0 Å². The molecule has 49 heavy (non-hydrogen) atoms. The first kappa shape index (κ1) is 33.0. The molecule has 0 saturated carbocycles. The van der Waals surface area contributed by atoms with Crippen LogP contribution in [-0.4, -0.2) is 79.9 Å². The van der Waals surface area contributed by atoms with Crippen molar-refractivity contribution in [3.63, 3.8) is 0 Å². The summed E-state index contributed by atoms with van der Waals surface area (Å²) in [5, 5.41) is 29.5. The smallest absolute Gasteiger partial charge is 0.243 e. The molecule has 2 aromatic heterocycles. The third-order valence-corrected chi connectivity index (χ3v) is 8.46. The van der Waals surface area contributed by atoms with Gasteiger partial charge in [-0.2, -0.15) is 5.21 Å². The summed E-state index contributed by atoms with van der Waals surface area (Å²) in [6.07, 6.45) is 2.32. The van der Waals surface area contributed by atoms with Gasteiger partial charge >= 0.3 is 0 Å². The van der Waals surface area contributed by atoms with Crippen molar-refractivity contribution >= 4 is 34.5 Å². The van der Waals surface area contributed by atoms with Gasteiger partial charge in [0.25, 0.3) is 0 Å². The van der Waals surface area contributed by atoms with Crippen LogP contribution in [0.4, 0.5) is 0 Å². The van der Waals surface area contributed by atoms with Crippen LogP contribution in [0, 0.1) is 0 Å². The molecule has 6 rings (SSSR count). The summed E-state index contributed by atoms with van der Waals surface area (Å²) in [4.78, 5) is 58.5. The van der Waals surface area contributed by atoms with Gasteiger partial charge in [-0.25, -0.2) is 0 Å². The molecule has 0 unspecified atom stereocenters. The van der Waals surface area contributed by atoms with E-state index in [2.05, 4.69) is 52.2 Å². The Balaban J connectivity index is 1.31. The van der Waals surface area contributed by atoms with Crippen molar-refractivity contribution in [3.05, 3.63) is 114 Å². The van der Waals surface area contributed by atoms with Crippen LogP contribution in [0.5, 0.6) is 0 Å². The second-order valence-corrected chi connectivity index (χ2v) is 12.0. The second kappa shape index (κ2) is 15.8. The molecule has 3 aromatic carbocycles. The van der Waals surface area contributed by atoms with Crippen LogP contribution >= 0.6 is 0 Å². The van der Waals surface area contributed by atoms with Crippen molar-refractivity contribution in [1.82, 2.24) is 52.2 Å². The number of tetrazole rings is 1. The number of nitrogens with zero attached hydrogens (tertiary/aromatic N) is 3. The van der Waals surface area contributed by atoms with Gasteiger partial charge in [0.2, 0.25) is 23.6 Å². The van der Waals surface area contributed by atoms with E-state index < -0.39 is 47.8 Å². The number of fused-ring (bicyclic) bond motifs is 1. The van der Waals surface area contributed by atoms with E-state index in [4.69, 9.17) is 0 Å². The summed E-state index contributed by atoms with van der Waals surface area (Å²) >= 11 is 0. The Morgan fingerprint density at radius 2 is 1.39 bits per heavy atom. The van der Waals surface area contributed by atoms with Crippen molar-refractivity contribution < 1.29 is 19.2 Å². The van der Waals surface area contributed by atoms with Gasteiger partial charge in [-0.1, -0.05) is 84.1 Å². The normalized spacial score (nSPS) is 20.9. The zero-order chi connectivity index (χ0) is 34.0. The second-order valence-electron chi connectivity index (χ2n) is 12.0. The highest BCUT2D eigenvalue weighted by Crippen LogP contribution is 2.20. The lowest BCUT2D eigenvalue weighted by Crippen LogP contribution is -2.59. The van der Waals surface area contributed by atoms with Gasteiger partial charge in [0.05, 0.1) is 25.0 Å².